The predicted octanol–water partition coefficient (Wildman–Crippen LogP) is 3.30. The van der Waals surface area contributed by atoms with E-state index >= 15 is 0 Å². The van der Waals surface area contributed by atoms with Crippen LogP contribution in [0.15, 0.2) is 41.5 Å². The smallest absolute Gasteiger partial charge is 0.212 e. The summed E-state index contributed by atoms with van der Waals surface area (Å²) >= 11 is 0. The molecule has 0 aliphatic rings. The zero-order valence-electron chi connectivity index (χ0n) is 15.4. The van der Waals surface area contributed by atoms with E-state index in [-0.39, 0.29) is 24.0 Å². The molecule has 0 saturated carbocycles. The van der Waals surface area contributed by atoms with Gasteiger partial charge in [0.25, 0.3) is 0 Å². The molecular weight excluding hydrogens is 447 g/mol. The molecule has 142 valence electrons. The summed E-state index contributed by atoms with van der Waals surface area (Å²) in [6.45, 7) is 3.26. The van der Waals surface area contributed by atoms with Gasteiger partial charge < -0.3 is 24.8 Å². The van der Waals surface area contributed by atoms with Crippen LogP contribution in [0.5, 0.6) is 17.4 Å². The quantitative estimate of drug-likeness (QED) is 0.366. The van der Waals surface area contributed by atoms with E-state index < -0.39 is 0 Å². The molecule has 0 saturated heterocycles. The van der Waals surface area contributed by atoms with Gasteiger partial charge in [-0.15, -0.1) is 24.0 Å². The van der Waals surface area contributed by atoms with Crippen LogP contribution in [0, 0.1) is 0 Å². The van der Waals surface area contributed by atoms with E-state index in [2.05, 4.69) is 20.6 Å². The third-order valence-electron chi connectivity index (χ3n) is 3.42. The Labute approximate surface area is 171 Å². The lowest BCUT2D eigenvalue weighted by Crippen LogP contribution is -2.30. The first kappa shape index (κ1) is 21.8. The Morgan fingerprint density at radius 3 is 2.38 bits per heavy atom. The molecular formula is C18H25IN4O3. The Morgan fingerprint density at radius 2 is 1.81 bits per heavy atom. The molecule has 2 N–H and O–H groups in total. The molecule has 0 spiro atoms. The van der Waals surface area contributed by atoms with Crippen molar-refractivity contribution in [1.82, 2.24) is 10.3 Å². The van der Waals surface area contributed by atoms with Crippen molar-refractivity contribution in [3.8, 4) is 17.4 Å². The maximum absolute atomic E-state index is 5.32. The molecule has 0 atom stereocenters. The number of guanidine groups is 1. The summed E-state index contributed by atoms with van der Waals surface area (Å²) in [4.78, 5) is 8.76. The van der Waals surface area contributed by atoms with Crippen molar-refractivity contribution in [2.24, 2.45) is 4.99 Å². The molecule has 1 heterocycles. The standard InChI is InChI=1S/C18H24N4O3.HI/c1-5-19-18(21-12-13-6-9-17(25-4)20-11-13)22-14-7-8-15(23-2)16(10-14)24-3;/h6-11H,5,12H2,1-4H3,(H2,19,21,22);1H. The van der Waals surface area contributed by atoms with Crippen molar-refractivity contribution in [2.75, 3.05) is 33.2 Å². The summed E-state index contributed by atoms with van der Waals surface area (Å²) in [5, 5.41) is 6.47. The molecule has 7 nitrogen and oxygen atoms in total. The third-order valence-corrected chi connectivity index (χ3v) is 3.42. The Hall–Kier alpha value is -2.23. The number of rotatable bonds is 7. The number of nitrogens with zero attached hydrogens (tertiary/aromatic N) is 2. The Bertz CT molecular complexity index is 708. The van der Waals surface area contributed by atoms with Crippen LogP contribution in [0.2, 0.25) is 0 Å². The van der Waals surface area contributed by atoms with Gasteiger partial charge >= 0.3 is 0 Å². The van der Waals surface area contributed by atoms with Gasteiger partial charge in [-0.25, -0.2) is 9.98 Å². The van der Waals surface area contributed by atoms with E-state index in [1.807, 2.05) is 37.3 Å². The zero-order chi connectivity index (χ0) is 18.1. The molecule has 26 heavy (non-hydrogen) atoms. The molecule has 8 heteroatoms. The lowest BCUT2D eigenvalue weighted by atomic mass is 10.2. The fourth-order valence-electron chi connectivity index (χ4n) is 2.15. The number of benzene rings is 1. The summed E-state index contributed by atoms with van der Waals surface area (Å²) in [7, 11) is 4.81. The van der Waals surface area contributed by atoms with Crippen LogP contribution in [0.1, 0.15) is 12.5 Å². The van der Waals surface area contributed by atoms with Crippen molar-refractivity contribution in [1.29, 1.82) is 0 Å². The van der Waals surface area contributed by atoms with Crippen molar-refractivity contribution >= 4 is 35.6 Å². The van der Waals surface area contributed by atoms with Gasteiger partial charge in [0.05, 0.1) is 27.9 Å². The third kappa shape index (κ3) is 6.25. The number of pyridine rings is 1. The molecule has 2 aromatic rings. The summed E-state index contributed by atoms with van der Waals surface area (Å²) in [6, 6.07) is 9.37. The summed E-state index contributed by atoms with van der Waals surface area (Å²) < 4.78 is 15.6. The fourth-order valence-corrected chi connectivity index (χ4v) is 2.15. The molecule has 0 unspecified atom stereocenters. The second kappa shape index (κ2) is 11.4. The maximum Gasteiger partial charge on any atom is 0.212 e. The normalized spacial score (nSPS) is 10.5. The number of ether oxygens (including phenoxy) is 3. The molecule has 0 bridgehead atoms. The fraction of sp³-hybridized carbons (Fsp3) is 0.333. The molecule has 0 fully saturated rings. The number of methoxy groups -OCH3 is 3. The van der Waals surface area contributed by atoms with Gasteiger partial charge in [0.15, 0.2) is 17.5 Å². The summed E-state index contributed by atoms with van der Waals surface area (Å²) in [6.07, 6.45) is 1.75. The Balaban J connectivity index is 0.00000338. The number of hydrogen-bond donors (Lipinski definition) is 2. The number of hydrogen-bond acceptors (Lipinski definition) is 5. The molecule has 0 radical (unpaired) electrons. The monoisotopic (exact) mass is 472 g/mol. The Morgan fingerprint density at radius 1 is 1.04 bits per heavy atom. The number of aromatic nitrogens is 1. The predicted molar refractivity (Wildman–Crippen MR) is 114 cm³/mol. The lowest BCUT2D eigenvalue weighted by Gasteiger charge is -2.13. The number of aliphatic imine (C=N–C) groups is 1. The minimum atomic E-state index is 0. The van der Waals surface area contributed by atoms with Gasteiger partial charge in [-0.3, -0.25) is 0 Å². The van der Waals surface area contributed by atoms with Gasteiger partial charge in [-0.05, 0) is 24.6 Å². The van der Waals surface area contributed by atoms with Gasteiger partial charge in [0, 0.05) is 30.6 Å². The highest BCUT2D eigenvalue weighted by molar-refractivity contribution is 14.0. The zero-order valence-corrected chi connectivity index (χ0v) is 17.7. The highest BCUT2D eigenvalue weighted by Gasteiger charge is 2.06. The molecule has 1 aromatic carbocycles. The summed E-state index contributed by atoms with van der Waals surface area (Å²) in [5.74, 6) is 2.59. The number of halogens is 1. The van der Waals surface area contributed by atoms with Crippen LogP contribution in [0.25, 0.3) is 0 Å². The van der Waals surface area contributed by atoms with Crippen LogP contribution < -0.4 is 24.8 Å². The number of anilines is 1. The van der Waals surface area contributed by atoms with Crippen LogP contribution in [0.4, 0.5) is 5.69 Å². The minimum absolute atomic E-state index is 0. The average Bonchev–Trinajstić information content (AvgIpc) is 2.66. The van der Waals surface area contributed by atoms with Crippen molar-refractivity contribution in [3.63, 3.8) is 0 Å². The minimum Gasteiger partial charge on any atom is -0.493 e. The van der Waals surface area contributed by atoms with Gasteiger partial charge in [-0.2, -0.15) is 0 Å². The van der Waals surface area contributed by atoms with E-state index in [0.717, 1.165) is 17.8 Å². The highest BCUT2D eigenvalue weighted by atomic mass is 127. The maximum atomic E-state index is 5.32. The molecule has 2 rings (SSSR count). The van der Waals surface area contributed by atoms with E-state index in [4.69, 9.17) is 14.2 Å². The van der Waals surface area contributed by atoms with Crippen molar-refractivity contribution < 1.29 is 14.2 Å². The first-order valence-corrected chi connectivity index (χ1v) is 7.96. The van der Waals surface area contributed by atoms with Crippen molar-refractivity contribution in [2.45, 2.75) is 13.5 Å². The van der Waals surface area contributed by atoms with Gasteiger partial charge in [0.2, 0.25) is 5.88 Å². The highest BCUT2D eigenvalue weighted by Crippen LogP contribution is 2.29. The molecule has 0 aliphatic carbocycles. The van der Waals surface area contributed by atoms with Crippen LogP contribution in [-0.4, -0.2) is 38.8 Å². The first-order valence-electron chi connectivity index (χ1n) is 7.96. The second-order valence-corrected chi connectivity index (χ2v) is 5.10. The molecule has 0 aliphatic heterocycles. The van der Waals surface area contributed by atoms with Crippen LogP contribution in [0.3, 0.4) is 0 Å². The SMILES string of the molecule is CCNC(=NCc1ccc(OC)nc1)Nc1ccc(OC)c(OC)c1.I. The van der Waals surface area contributed by atoms with Crippen LogP contribution in [-0.2, 0) is 6.54 Å². The number of nitrogens with one attached hydrogen (secondary N) is 2. The van der Waals surface area contributed by atoms with E-state index in [9.17, 15) is 0 Å². The van der Waals surface area contributed by atoms with E-state index in [1.54, 1.807) is 27.5 Å². The second-order valence-electron chi connectivity index (χ2n) is 5.10. The Kier molecular flexibility index (Phi) is 9.56. The molecule has 0 amide bonds. The first-order chi connectivity index (χ1) is 12.2. The van der Waals surface area contributed by atoms with E-state index in [0.29, 0.717) is 29.9 Å². The van der Waals surface area contributed by atoms with Gasteiger partial charge in [-0.1, -0.05) is 6.07 Å². The lowest BCUT2D eigenvalue weighted by molar-refractivity contribution is 0.355. The van der Waals surface area contributed by atoms with Gasteiger partial charge in [0.1, 0.15) is 0 Å². The van der Waals surface area contributed by atoms with E-state index in [1.165, 1.54) is 0 Å². The topological polar surface area (TPSA) is 77.0 Å². The average molecular weight is 472 g/mol. The molecule has 1 aromatic heterocycles. The van der Waals surface area contributed by atoms with Crippen molar-refractivity contribution in [3.05, 3.63) is 42.1 Å². The largest absolute Gasteiger partial charge is 0.493 e. The summed E-state index contributed by atoms with van der Waals surface area (Å²) in [5.41, 5.74) is 1.84. The van der Waals surface area contributed by atoms with Crippen LogP contribution >= 0.6 is 24.0 Å².